The van der Waals surface area contributed by atoms with Gasteiger partial charge in [-0.3, -0.25) is 0 Å². The zero-order valence-electron chi connectivity index (χ0n) is 10.9. The van der Waals surface area contributed by atoms with Crippen LogP contribution in [0.4, 0.5) is 0 Å². The first-order valence-electron chi connectivity index (χ1n) is 5.49. The van der Waals surface area contributed by atoms with Gasteiger partial charge in [-0.15, -0.1) is 0 Å². The Morgan fingerprint density at radius 2 is 1.07 bits per heavy atom. The summed E-state index contributed by atoms with van der Waals surface area (Å²) in [5, 5.41) is 0. The van der Waals surface area contributed by atoms with Gasteiger partial charge < -0.3 is 11.5 Å². The van der Waals surface area contributed by atoms with Crippen LogP contribution in [0, 0.1) is 16.7 Å². The first-order chi connectivity index (χ1) is 5.98. The van der Waals surface area contributed by atoms with Gasteiger partial charge >= 0.3 is 0 Å². The Balaban J connectivity index is 4.94. The molecule has 0 aliphatic heterocycles. The topological polar surface area (TPSA) is 52.0 Å². The van der Waals surface area contributed by atoms with Crippen LogP contribution < -0.4 is 11.5 Å². The number of nitrogens with two attached hydrogens (primary N) is 2. The Bertz CT molecular complexity index is 158. The number of hydrogen-bond acceptors (Lipinski definition) is 2. The molecule has 0 saturated carbocycles. The summed E-state index contributed by atoms with van der Waals surface area (Å²) in [4.78, 5) is 0. The molecule has 0 aromatic heterocycles. The number of rotatable bonds is 2. The normalized spacial score (nSPS) is 18.4. The molecule has 4 N–H and O–H groups in total. The Morgan fingerprint density at radius 3 is 1.14 bits per heavy atom. The summed E-state index contributed by atoms with van der Waals surface area (Å²) in [5.74, 6) is 0.426. The van der Waals surface area contributed by atoms with Crippen molar-refractivity contribution >= 4 is 0 Å². The fourth-order valence-electron chi connectivity index (χ4n) is 2.76. The van der Waals surface area contributed by atoms with E-state index in [2.05, 4.69) is 41.5 Å². The van der Waals surface area contributed by atoms with Crippen molar-refractivity contribution in [2.24, 2.45) is 28.2 Å². The molecule has 0 radical (unpaired) electrons. The molecule has 0 aromatic carbocycles. The number of hydrogen-bond donors (Lipinski definition) is 2. The minimum absolute atomic E-state index is 0.0541. The largest absolute Gasteiger partial charge is 0.327 e. The average Bonchev–Trinajstić information content (AvgIpc) is 1.79. The standard InChI is InChI=1S/C12H28N2/c1-8(13)9(14)10(11(2,3)4)12(5,6)7/h8-10H,13-14H2,1-7H3. The van der Waals surface area contributed by atoms with E-state index in [1.54, 1.807) is 0 Å². The van der Waals surface area contributed by atoms with Crippen molar-refractivity contribution < 1.29 is 0 Å². The summed E-state index contributed by atoms with van der Waals surface area (Å²) in [7, 11) is 0. The van der Waals surface area contributed by atoms with Gasteiger partial charge in [-0.1, -0.05) is 41.5 Å². The molecule has 2 unspecified atom stereocenters. The first kappa shape index (κ1) is 13.9. The van der Waals surface area contributed by atoms with E-state index in [9.17, 15) is 0 Å². The molecule has 0 bridgehead atoms. The molecule has 0 aliphatic carbocycles. The maximum Gasteiger partial charge on any atom is 0.0228 e. The van der Waals surface area contributed by atoms with Crippen molar-refractivity contribution in [1.82, 2.24) is 0 Å². The fraction of sp³-hybridized carbons (Fsp3) is 1.00. The van der Waals surface area contributed by atoms with Crippen LogP contribution in [0.2, 0.25) is 0 Å². The van der Waals surface area contributed by atoms with Crippen molar-refractivity contribution in [2.75, 3.05) is 0 Å². The molecule has 0 rings (SSSR count). The molecule has 2 nitrogen and oxygen atoms in total. The lowest BCUT2D eigenvalue weighted by Crippen LogP contribution is -2.53. The van der Waals surface area contributed by atoms with Gasteiger partial charge in [0.15, 0.2) is 0 Å². The lowest BCUT2D eigenvalue weighted by atomic mass is 9.62. The van der Waals surface area contributed by atoms with E-state index >= 15 is 0 Å². The Morgan fingerprint density at radius 1 is 0.786 bits per heavy atom. The Hall–Kier alpha value is -0.0800. The summed E-state index contributed by atoms with van der Waals surface area (Å²) >= 11 is 0. The summed E-state index contributed by atoms with van der Waals surface area (Å²) < 4.78 is 0. The monoisotopic (exact) mass is 200 g/mol. The quantitative estimate of drug-likeness (QED) is 0.719. The molecule has 0 aliphatic rings. The van der Waals surface area contributed by atoms with Crippen LogP contribution in [0.5, 0.6) is 0 Å². The van der Waals surface area contributed by atoms with Gasteiger partial charge in [-0.25, -0.2) is 0 Å². The Kier molecular flexibility index (Phi) is 4.17. The third kappa shape index (κ3) is 3.58. The van der Waals surface area contributed by atoms with Crippen molar-refractivity contribution in [3.8, 4) is 0 Å². The molecule has 0 aromatic rings. The highest BCUT2D eigenvalue weighted by molar-refractivity contribution is 4.93. The van der Waals surface area contributed by atoms with Gasteiger partial charge in [0.05, 0.1) is 0 Å². The van der Waals surface area contributed by atoms with Crippen molar-refractivity contribution in [2.45, 2.75) is 60.5 Å². The van der Waals surface area contributed by atoms with Gasteiger partial charge in [0.25, 0.3) is 0 Å². The van der Waals surface area contributed by atoms with E-state index in [1.165, 1.54) is 0 Å². The molecule has 0 saturated heterocycles. The van der Waals surface area contributed by atoms with Gasteiger partial charge in [-0.05, 0) is 23.7 Å². The molecular weight excluding hydrogens is 172 g/mol. The van der Waals surface area contributed by atoms with E-state index in [0.717, 1.165) is 0 Å². The average molecular weight is 200 g/mol. The van der Waals surface area contributed by atoms with Crippen LogP contribution in [-0.4, -0.2) is 12.1 Å². The molecular formula is C12H28N2. The third-order valence-electron chi connectivity index (χ3n) is 2.86. The Labute approximate surface area is 89.4 Å². The highest BCUT2D eigenvalue weighted by atomic mass is 14.8. The maximum atomic E-state index is 6.21. The van der Waals surface area contributed by atoms with Gasteiger partial charge in [0, 0.05) is 12.1 Å². The van der Waals surface area contributed by atoms with Crippen LogP contribution >= 0.6 is 0 Å². The smallest absolute Gasteiger partial charge is 0.0228 e. The van der Waals surface area contributed by atoms with Crippen LogP contribution in [0.25, 0.3) is 0 Å². The first-order valence-corrected chi connectivity index (χ1v) is 5.49. The molecule has 0 spiro atoms. The van der Waals surface area contributed by atoms with E-state index in [-0.39, 0.29) is 22.9 Å². The zero-order valence-corrected chi connectivity index (χ0v) is 10.9. The predicted molar refractivity (Wildman–Crippen MR) is 64.0 cm³/mol. The highest BCUT2D eigenvalue weighted by Gasteiger charge is 2.40. The van der Waals surface area contributed by atoms with E-state index in [0.29, 0.717) is 5.92 Å². The van der Waals surface area contributed by atoms with Crippen LogP contribution in [0.3, 0.4) is 0 Å². The van der Waals surface area contributed by atoms with Crippen LogP contribution in [0.15, 0.2) is 0 Å². The van der Waals surface area contributed by atoms with Gasteiger partial charge in [0.1, 0.15) is 0 Å². The van der Waals surface area contributed by atoms with E-state index < -0.39 is 0 Å². The zero-order chi connectivity index (χ0) is 11.7. The SMILES string of the molecule is CC(N)C(N)C(C(C)(C)C)C(C)(C)C. The molecule has 2 atom stereocenters. The van der Waals surface area contributed by atoms with E-state index in [1.807, 2.05) is 6.92 Å². The minimum Gasteiger partial charge on any atom is -0.327 e. The molecule has 86 valence electrons. The van der Waals surface area contributed by atoms with Gasteiger partial charge in [0.2, 0.25) is 0 Å². The fourth-order valence-corrected chi connectivity index (χ4v) is 2.76. The molecule has 2 heteroatoms. The minimum atomic E-state index is 0.0541. The second kappa shape index (κ2) is 4.19. The highest BCUT2D eigenvalue weighted by Crippen LogP contribution is 2.41. The molecule has 0 amide bonds. The van der Waals surface area contributed by atoms with E-state index in [4.69, 9.17) is 11.5 Å². The third-order valence-corrected chi connectivity index (χ3v) is 2.86. The lowest BCUT2D eigenvalue weighted by molar-refractivity contribution is 0.0682. The lowest BCUT2D eigenvalue weighted by Gasteiger charge is -2.45. The van der Waals surface area contributed by atoms with Crippen LogP contribution in [-0.2, 0) is 0 Å². The van der Waals surface area contributed by atoms with Gasteiger partial charge in [-0.2, -0.15) is 0 Å². The summed E-state index contributed by atoms with van der Waals surface area (Å²) in [6, 6.07) is 0.119. The summed E-state index contributed by atoms with van der Waals surface area (Å²) in [6.45, 7) is 15.4. The predicted octanol–water partition coefficient (Wildman–Crippen LogP) is 2.37. The molecule has 0 heterocycles. The van der Waals surface area contributed by atoms with Crippen molar-refractivity contribution in [1.29, 1.82) is 0 Å². The second-order valence-corrected chi connectivity index (χ2v) is 6.65. The van der Waals surface area contributed by atoms with Crippen molar-refractivity contribution in [3.63, 3.8) is 0 Å². The second-order valence-electron chi connectivity index (χ2n) is 6.65. The van der Waals surface area contributed by atoms with Crippen LogP contribution in [0.1, 0.15) is 48.5 Å². The van der Waals surface area contributed by atoms with Crippen molar-refractivity contribution in [3.05, 3.63) is 0 Å². The molecule has 14 heavy (non-hydrogen) atoms. The maximum absolute atomic E-state index is 6.21. The molecule has 0 fully saturated rings. The summed E-state index contributed by atoms with van der Waals surface area (Å²) in [5.41, 5.74) is 12.5. The summed E-state index contributed by atoms with van der Waals surface area (Å²) in [6.07, 6.45) is 0.